The lowest BCUT2D eigenvalue weighted by Crippen LogP contribution is -2.14. The van der Waals surface area contributed by atoms with Gasteiger partial charge >= 0.3 is 0 Å². The molecule has 0 fully saturated rings. The van der Waals surface area contributed by atoms with Crippen LogP contribution >= 0.6 is 0 Å². The van der Waals surface area contributed by atoms with Gasteiger partial charge in [-0.15, -0.1) is 10.2 Å². The van der Waals surface area contributed by atoms with Gasteiger partial charge in [-0.1, -0.05) is 24.6 Å². The normalized spacial score (nSPS) is 11.0. The molecule has 0 unspecified atom stereocenters. The first kappa shape index (κ1) is 14.7. The second-order valence-electron chi connectivity index (χ2n) is 5.23. The molecule has 2 rings (SSSR count). The average Bonchev–Trinajstić information content (AvgIpc) is 2.82. The van der Waals surface area contributed by atoms with Crippen LogP contribution in [0.3, 0.4) is 0 Å². The molecule has 0 aliphatic carbocycles. The van der Waals surface area contributed by atoms with Gasteiger partial charge in [-0.25, -0.2) is 0 Å². The minimum atomic E-state index is 0.637. The molecule has 108 valence electrons. The van der Waals surface area contributed by atoms with E-state index in [0.29, 0.717) is 5.89 Å². The van der Waals surface area contributed by atoms with Gasteiger partial charge in [0, 0.05) is 12.0 Å². The van der Waals surface area contributed by atoms with Gasteiger partial charge in [0.15, 0.2) is 0 Å². The Labute approximate surface area is 120 Å². The third-order valence-electron chi connectivity index (χ3n) is 3.35. The van der Waals surface area contributed by atoms with Gasteiger partial charge in [-0.3, -0.25) is 0 Å². The number of benzene rings is 1. The highest BCUT2D eigenvalue weighted by atomic mass is 16.4. The van der Waals surface area contributed by atoms with E-state index in [0.717, 1.165) is 37.4 Å². The average molecular weight is 273 g/mol. The first-order valence-corrected chi connectivity index (χ1v) is 7.23. The fraction of sp³-hybridized carbons (Fsp3) is 0.500. The molecule has 1 aromatic carbocycles. The standard InChI is InChI=1S/C16H23N3O/c1-5-17-8-6-7-14-18-19-16(20-14)15-12(3)9-11(2)10-13(15)4/h9-10,17H,5-8H2,1-4H3. The molecular weight excluding hydrogens is 250 g/mol. The van der Waals surface area contributed by atoms with Crippen LogP contribution in [0.15, 0.2) is 16.5 Å². The summed E-state index contributed by atoms with van der Waals surface area (Å²) in [5.41, 5.74) is 4.70. The molecule has 4 nitrogen and oxygen atoms in total. The van der Waals surface area contributed by atoms with Crippen LogP contribution in [-0.4, -0.2) is 23.3 Å². The third kappa shape index (κ3) is 3.45. The Hall–Kier alpha value is -1.68. The van der Waals surface area contributed by atoms with Crippen molar-refractivity contribution in [1.29, 1.82) is 0 Å². The molecule has 4 heteroatoms. The van der Waals surface area contributed by atoms with Gasteiger partial charge in [0.05, 0.1) is 0 Å². The summed E-state index contributed by atoms with van der Waals surface area (Å²) in [4.78, 5) is 0. The van der Waals surface area contributed by atoms with E-state index < -0.39 is 0 Å². The van der Waals surface area contributed by atoms with Gasteiger partial charge in [0.25, 0.3) is 0 Å². The highest BCUT2D eigenvalue weighted by Crippen LogP contribution is 2.27. The summed E-state index contributed by atoms with van der Waals surface area (Å²) >= 11 is 0. The van der Waals surface area contributed by atoms with Crippen molar-refractivity contribution >= 4 is 0 Å². The SMILES string of the molecule is CCNCCCc1nnc(-c2c(C)cc(C)cc2C)o1. The maximum absolute atomic E-state index is 5.80. The molecule has 0 atom stereocenters. The minimum Gasteiger partial charge on any atom is -0.421 e. The van der Waals surface area contributed by atoms with Crippen LogP contribution in [0, 0.1) is 20.8 Å². The zero-order valence-corrected chi connectivity index (χ0v) is 12.8. The van der Waals surface area contributed by atoms with Crippen LogP contribution in [0.1, 0.15) is 35.9 Å². The highest BCUT2D eigenvalue weighted by Gasteiger charge is 2.13. The first-order chi connectivity index (χ1) is 9.61. The van der Waals surface area contributed by atoms with Crippen molar-refractivity contribution in [2.24, 2.45) is 0 Å². The number of nitrogens with zero attached hydrogens (tertiary/aromatic N) is 2. The molecule has 0 saturated heterocycles. The lowest BCUT2D eigenvalue weighted by Gasteiger charge is -2.07. The number of nitrogens with one attached hydrogen (secondary N) is 1. The number of rotatable bonds is 6. The molecule has 20 heavy (non-hydrogen) atoms. The van der Waals surface area contributed by atoms with E-state index in [2.05, 4.69) is 55.3 Å². The molecule has 2 aromatic rings. The van der Waals surface area contributed by atoms with Crippen LogP contribution in [0.4, 0.5) is 0 Å². The molecule has 0 amide bonds. The van der Waals surface area contributed by atoms with E-state index in [1.54, 1.807) is 0 Å². The maximum atomic E-state index is 5.80. The fourth-order valence-corrected chi connectivity index (χ4v) is 2.51. The molecule has 0 radical (unpaired) electrons. The van der Waals surface area contributed by atoms with E-state index >= 15 is 0 Å². The second kappa shape index (κ2) is 6.66. The highest BCUT2D eigenvalue weighted by molar-refractivity contribution is 5.63. The van der Waals surface area contributed by atoms with Crippen molar-refractivity contribution in [3.05, 3.63) is 34.7 Å². The van der Waals surface area contributed by atoms with E-state index in [9.17, 15) is 0 Å². The summed E-state index contributed by atoms with van der Waals surface area (Å²) in [6, 6.07) is 4.30. The van der Waals surface area contributed by atoms with Crippen molar-refractivity contribution in [2.45, 2.75) is 40.5 Å². The Balaban J connectivity index is 2.13. The van der Waals surface area contributed by atoms with E-state index in [1.165, 1.54) is 16.7 Å². The molecule has 0 spiro atoms. The fourth-order valence-electron chi connectivity index (χ4n) is 2.51. The Morgan fingerprint density at radius 1 is 1.10 bits per heavy atom. The number of aromatic nitrogens is 2. The molecule has 0 aliphatic rings. The van der Waals surface area contributed by atoms with Gasteiger partial charge in [0.2, 0.25) is 11.8 Å². The van der Waals surface area contributed by atoms with E-state index in [-0.39, 0.29) is 0 Å². The second-order valence-corrected chi connectivity index (χ2v) is 5.23. The van der Waals surface area contributed by atoms with Gasteiger partial charge in [0.1, 0.15) is 0 Å². The van der Waals surface area contributed by atoms with Crippen molar-refractivity contribution in [3.63, 3.8) is 0 Å². The quantitative estimate of drug-likeness (QED) is 0.821. The summed E-state index contributed by atoms with van der Waals surface area (Å²) < 4.78 is 5.80. The summed E-state index contributed by atoms with van der Waals surface area (Å²) in [6.07, 6.45) is 1.84. The molecule has 0 aliphatic heterocycles. The van der Waals surface area contributed by atoms with Gasteiger partial charge in [-0.05, 0) is 51.4 Å². The van der Waals surface area contributed by atoms with E-state index in [4.69, 9.17) is 4.42 Å². The van der Waals surface area contributed by atoms with E-state index in [1.807, 2.05) is 0 Å². The zero-order valence-electron chi connectivity index (χ0n) is 12.8. The lowest BCUT2D eigenvalue weighted by atomic mass is 10.00. The van der Waals surface area contributed by atoms with Crippen LogP contribution in [0.2, 0.25) is 0 Å². The molecule has 1 heterocycles. The summed E-state index contributed by atoms with van der Waals surface area (Å²) in [5.74, 6) is 1.36. The first-order valence-electron chi connectivity index (χ1n) is 7.23. The molecule has 1 N–H and O–H groups in total. The Morgan fingerprint density at radius 2 is 1.80 bits per heavy atom. The maximum Gasteiger partial charge on any atom is 0.248 e. The van der Waals surface area contributed by atoms with Crippen molar-refractivity contribution < 1.29 is 4.42 Å². The molecule has 1 aromatic heterocycles. The minimum absolute atomic E-state index is 0.637. The van der Waals surface area contributed by atoms with Crippen molar-refractivity contribution in [1.82, 2.24) is 15.5 Å². The van der Waals surface area contributed by atoms with Gasteiger partial charge in [-0.2, -0.15) is 0 Å². The van der Waals surface area contributed by atoms with Gasteiger partial charge < -0.3 is 9.73 Å². The molecule has 0 saturated carbocycles. The topological polar surface area (TPSA) is 51.0 Å². The Morgan fingerprint density at radius 3 is 2.45 bits per heavy atom. The summed E-state index contributed by atoms with van der Waals surface area (Å²) in [5, 5.41) is 11.6. The largest absolute Gasteiger partial charge is 0.421 e. The Kier molecular flexibility index (Phi) is 4.90. The van der Waals surface area contributed by atoms with Crippen LogP contribution in [0.5, 0.6) is 0 Å². The molecule has 0 bridgehead atoms. The molecular formula is C16H23N3O. The zero-order chi connectivity index (χ0) is 14.5. The lowest BCUT2D eigenvalue weighted by molar-refractivity contribution is 0.492. The summed E-state index contributed by atoms with van der Waals surface area (Å²) in [6.45, 7) is 10.4. The monoisotopic (exact) mass is 273 g/mol. The number of hydrogen-bond donors (Lipinski definition) is 1. The predicted molar refractivity (Wildman–Crippen MR) is 80.8 cm³/mol. The number of aryl methyl sites for hydroxylation is 4. The van der Waals surface area contributed by atoms with Crippen LogP contribution in [-0.2, 0) is 6.42 Å². The van der Waals surface area contributed by atoms with Crippen LogP contribution < -0.4 is 5.32 Å². The summed E-state index contributed by atoms with van der Waals surface area (Å²) in [7, 11) is 0. The predicted octanol–water partition coefficient (Wildman–Crippen LogP) is 3.20. The number of hydrogen-bond acceptors (Lipinski definition) is 4. The van der Waals surface area contributed by atoms with Crippen LogP contribution in [0.25, 0.3) is 11.5 Å². The smallest absolute Gasteiger partial charge is 0.248 e. The van der Waals surface area contributed by atoms with Crippen molar-refractivity contribution in [3.8, 4) is 11.5 Å². The third-order valence-corrected chi connectivity index (χ3v) is 3.35. The Bertz CT molecular complexity index is 552. The van der Waals surface area contributed by atoms with Crippen molar-refractivity contribution in [2.75, 3.05) is 13.1 Å².